The number of ether oxygens (including phenoxy) is 3. The van der Waals surface area contributed by atoms with Gasteiger partial charge in [0, 0.05) is 22.5 Å². The molecule has 1 aliphatic rings. The predicted molar refractivity (Wildman–Crippen MR) is 253 cm³/mol. The molecule has 322 valence electrons. The van der Waals surface area contributed by atoms with Gasteiger partial charge in [-0.15, -0.1) is 0 Å². The van der Waals surface area contributed by atoms with E-state index in [1.165, 1.54) is 38.5 Å². The van der Waals surface area contributed by atoms with Crippen molar-refractivity contribution in [2.24, 2.45) is 11.3 Å². The maximum Gasteiger partial charge on any atom is 0.333 e. The van der Waals surface area contributed by atoms with Gasteiger partial charge in [-0.3, -0.25) is 0 Å². The Balaban J connectivity index is 1.66. The highest BCUT2D eigenvalue weighted by molar-refractivity contribution is 7.80. The summed E-state index contributed by atoms with van der Waals surface area (Å²) in [5, 5.41) is 0. The molecule has 0 heterocycles. The van der Waals surface area contributed by atoms with Crippen molar-refractivity contribution in [1.82, 2.24) is 0 Å². The van der Waals surface area contributed by atoms with Crippen LogP contribution >= 0.6 is 37.9 Å². The maximum atomic E-state index is 16.0. The van der Waals surface area contributed by atoms with Crippen molar-refractivity contribution in [2.75, 3.05) is 37.1 Å². The van der Waals surface area contributed by atoms with Gasteiger partial charge >= 0.3 is 11.9 Å². The average molecular weight is 863 g/mol. The Morgan fingerprint density at radius 3 is 1.81 bits per heavy atom. The van der Waals surface area contributed by atoms with Crippen LogP contribution in [0.4, 0.5) is 4.39 Å². The summed E-state index contributed by atoms with van der Waals surface area (Å²) in [6.45, 7) is 14.9. The normalized spacial score (nSPS) is 15.5. The molecule has 0 unspecified atom stereocenters. The minimum Gasteiger partial charge on any atom is -0.492 e. The highest BCUT2D eigenvalue weighted by atomic mass is 32.1. The fourth-order valence-electron chi connectivity index (χ4n) is 8.00. The van der Waals surface area contributed by atoms with E-state index >= 15 is 4.39 Å². The number of aryl methyl sites for hydroxylation is 3. The van der Waals surface area contributed by atoms with E-state index in [4.69, 9.17) is 14.2 Å². The van der Waals surface area contributed by atoms with Crippen LogP contribution in [0.5, 0.6) is 5.75 Å². The van der Waals surface area contributed by atoms with E-state index in [0.29, 0.717) is 23.0 Å². The lowest BCUT2D eigenvalue weighted by atomic mass is 9.77. The second-order valence-electron chi connectivity index (χ2n) is 16.6. The number of halogens is 1. The number of hydrogen-bond donors (Lipinski definition) is 3. The molecular formula is C50H67FO5S3. The quantitative estimate of drug-likeness (QED) is 0.0362. The van der Waals surface area contributed by atoms with Crippen LogP contribution in [-0.4, -0.2) is 49.0 Å². The van der Waals surface area contributed by atoms with E-state index < -0.39 is 17.4 Å². The first kappa shape index (κ1) is 48.5. The fraction of sp³-hybridized carbons (Fsp3) is 0.520. The minimum absolute atomic E-state index is 0.0735. The summed E-state index contributed by atoms with van der Waals surface area (Å²) >= 11 is 13.7. The minimum atomic E-state index is -0.953. The Hall–Kier alpha value is -3.14. The summed E-state index contributed by atoms with van der Waals surface area (Å²) < 4.78 is 33.9. The molecule has 3 aromatic carbocycles. The van der Waals surface area contributed by atoms with Crippen LogP contribution in [0.3, 0.4) is 0 Å². The van der Waals surface area contributed by atoms with Crippen molar-refractivity contribution in [1.29, 1.82) is 0 Å². The number of rotatable bonds is 24. The number of hydrogen-bond acceptors (Lipinski definition) is 8. The summed E-state index contributed by atoms with van der Waals surface area (Å²) in [7, 11) is 0. The van der Waals surface area contributed by atoms with Crippen LogP contribution in [0, 0.1) is 17.2 Å². The van der Waals surface area contributed by atoms with Crippen LogP contribution < -0.4 is 4.74 Å². The Kier molecular flexibility index (Phi) is 20.0. The molecule has 0 saturated heterocycles. The standard InChI is InChI=1S/C50H67FO5S3/c1-7-9-10-13-36-16-18-38(19-17-36)39-20-23-45(46(51)29-39)40-21-22-44(37(8-2)26-40)43-27-41(14-11-24-57)47(42(28-43)15-12-25-58)54-30-50(33-59,31-55-48(52)34(3)4)32-56-49(53)35(5)6/h20-23,26-29,36,38,57-59H,3,5,7-19,24-25,30-33H2,1-2,4,6H3. The van der Waals surface area contributed by atoms with Crippen molar-refractivity contribution in [3.63, 3.8) is 0 Å². The monoisotopic (exact) mass is 862 g/mol. The van der Waals surface area contributed by atoms with Gasteiger partial charge < -0.3 is 14.2 Å². The third kappa shape index (κ3) is 13.9. The molecule has 3 aromatic rings. The fourth-order valence-corrected chi connectivity index (χ4v) is 8.59. The van der Waals surface area contributed by atoms with Crippen LogP contribution in [0.25, 0.3) is 22.3 Å². The Morgan fingerprint density at radius 2 is 1.31 bits per heavy atom. The Morgan fingerprint density at radius 1 is 0.729 bits per heavy atom. The van der Waals surface area contributed by atoms with Crippen LogP contribution in [0.2, 0.25) is 0 Å². The Labute approximate surface area is 370 Å². The van der Waals surface area contributed by atoms with Crippen molar-refractivity contribution >= 4 is 49.8 Å². The highest BCUT2D eigenvalue weighted by Gasteiger charge is 2.35. The lowest BCUT2D eigenvalue weighted by molar-refractivity contribution is -0.149. The maximum absolute atomic E-state index is 16.0. The molecule has 0 N–H and O–H groups in total. The average Bonchev–Trinajstić information content (AvgIpc) is 3.24. The molecule has 0 aromatic heterocycles. The van der Waals surface area contributed by atoms with Gasteiger partial charge in [0.15, 0.2) is 0 Å². The smallest absolute Gasteiger partial charge is 0.333 e. The number of unbranched alkanes of at least 4 members (excludes halogenated alkanes) is 2. The predicted octanol–water partition coefficient (Wildman–Crippen LogP) is 12.8. The number of esters is 2. The van der Waals surface area contributed by atoms with Crippen LogP contribution in [0.15, 0.2) is 72.8 Å². The molecule has 0 aliphatic heterocycles. The second-order valence-corrected chi connectivity index (χ2v) is 17.8. The SMILES string of the molecule is C=C(C)C(=O)OCC(CS)(COC(=O)C(=C)C)COc1c(CCCS)cc(-c2ccc(-c3ccc(C4CCC(CCCCC)CC4)cc3F)cc2CC)cc1CCCS. The lowest BCUT2D eigenvalue weighted by Gasteiger charge is -2.32. The molecular weight excluding hydrogens is 796 g/mol. The van der Waals surface area contributed by atoms with Gasteiger partial charge in [-0.2, -0.15) is 37.9 Å². The molecule has 4 rings (SSSR count). The second kappa shape index (κ2) is 24.3. The molecule has 0 amide bonds. The molecule has 1 fully saturated rings. The van der Waals surface area contributed by atoms with Crippen molar-refractivity contribution < 1.29 is 28.2 Å². The molecule has 0 bridgehead atoms. The molecule has 0 atom stereocenters. The molecule has 0 spiro atoms. The van der Waals surface area contributed by atoms with Gasteiger partial charge in [0.05, 0.1) is 5.41 Å². The summed E-state index contributed by atoms with van der Waals surface area (Å²) in [5.41, 5.74) is 7.56. The van der Waals surface area contributed by atoms with Crippen LogP contribution in [0.1, 0.15) is 120 Å². The Bertz CT molecular complexity index is 1820. The van der Waals surface area contributed by atoms with E-state index in [9.17, 15) is 9.59 Å². The summed E-state index contributed by atoms with van der Waals surface area (Å²) in [6.07, 6.45) is 13.9. The third-order valence-electron chi connectivity index (χ3n) is 11.7. The van der Waals surface area contributed by atoms with E-state index in [-0.39, 0.29) is 42.5 Å². The van der Waals surface area contributed by atoms with E-state index in [0.717, 1.165) is 95.6 Å². The summed E-state index contributed by atoms with van der Waals surface area (Å²) in [6, 6.07) is 16.6. The zero-order valence-corrected chi connectivity index (χ0v) is 38.6. The molecule has 0 radical (unpaired) electrons. The molecule has 9 heteroatoms. The van der Waals surface area contributed by atoms with E-state index in [2.05, 4.69) is 95.2 Å². The molecule has 1 aliphatic carbocycles. The van der Waals surface area contributed by atoms with E-state index in [1.54, 1.807) is 19.9 Å². The van der Waals surface area contributed by atoms with Gasteiger partial charge in [0.1, 0.15) is 31.4 Å². The number of carbonyl (C=O) groups is 2. The number of thiol groups is 3. The molecule has 59 heavy (non-hydrogen) atoms. The van der Waals surface area contributed by atoms with Gasteiger partial charge in [0.25, 0.3) is 0 Å². The number of carbonyl (C=O) groups excluding carboxylic acids is 2. The van der Waals surface area contributed by atoms with Crippen molar-refractivity contribution in [2.45, 2.75) is 117 Å². The van der Waals surface area contributed by atoms with Crippen LogP contribution in [-0.2, 0) is 38.3 Å². The van der Waals surface area contributed by atoms with Gasteiger partial charge in [-0.1, -0.05) is 83.0 Å². The van der Waals surface area contributed by atoms with Gasteiger partial charge in [-0.25, -0.2) is 14.0 Å². The van der Waals surface area contributed by atoms with Gasteiger partial charge in [-0.05, 0) is 152 Å². The zero-order chi connectivity index (χ0) is 43.0. The number of benzene rings is 3. The third-order valence-corrected chi connectivity index (χ3v) is 13.0. The van der Waals surface area contributed by atoms with Crippen molar-refractivity contribution in [3.8, 4) is 28.0 Å². The molecule has 5 nitrogen and oxygen atoms in total. The largest absolute Gasteiger partial charge is 0.492 e. The van der Waals surface area contributed by atoms with E-state index in [1.807, 2.05) is 12.1 Å². The molecule has 1 saturated carbocycles. The zero-order valence-electron chi connectivity index (χ0n) is 35.9. The first-order valence-corrected chi connectivity index (χ1v) is 23.5. The van der Waals surface area contributed by atoms with Gasteiger partial charge in [0.2, 0.25) is 0 Å². The first-order chi connectivity index (χ1) is 28.4. The lowest BCUT2D eigenvalue weighted by Crippen LogP contribution is -2.42. The summed E-state index contributed by atoms with van der Waals surface area (Å²) in [5.74, 6) is 2.37. The summed E-state index contributed by atoms with van der Waals surface area (Å²) in [4.78, 5) is 25.0. The highest BCUT2D eigenvalue weighted by Crippen LogP contribution is 2.41. The topological polar surface area (TPSA) is 61.8 Å². The van der Waals surface area contributed by atoms with Crippen molar-refractivity contribution in [3.05, 3.63) is 101 Å². The first-order valence-electron chi connectivity index (χ1n) is 21.6.